The van der Waals surface area contributed by atoms with Crippen LogP contribution in [0.4, 0.5) is 4.39 Å². The number of rotatable bonds is 3. The van der Waals surface area contributed by atoms with Crippen LogP contribution in [0.2, 0.25) is 5.02 Å². The molecule has 2 aromatic carbocycles. The average Bonchev–Trinajstić information content (AvgIpc) is 2.37. The quantitative estimate of drug-likeness (QED) is 0.884. The summed E-state index contributed by atoms with van der Waals surface area (Å²) >= 11 is 6.05. The Kier molecular flexibility index (Phi) is 4.23. The van der Waals surface area contributed by atoms with Crippen LogP contribution < -0.4 is 0 Å². The molecule has 19 heavy (non-hydrogen) atoms. The lowest BCUT2D eigenvalue weighted by molar-refractivity contribution is 0.178. The van der Waals surface area contributed by atoms with E-state index in [1.54, 1.807) is 12.1 Å². The Bertz CT molecular complexity index is 595. The molecule has 0 aliphatic carbocycles. The first-order valence-electron chi connectivity index (χ1n) is 6.16. The minimum absolute atomic E-state index is 0.283. The smallest absolute Gasteiger partial charge is 0.123 e. The number of hydrogen-bond acceptors (Lipinski definition) is 1. The number of aliphatic hydroxyl groups excluding tert-OH is 1. The van der Waals surface area contributed by atoms with Crippen LogP contribution in [0, 0.1) is 19.7 Å². The molecule has 1 atom stereocenters. The first kappa shape index (κ1) is 14.0. The van der Waals surface area contributed by atoms with Gasteiger partial charge in [-0.15, -0.1) is 0 Å². The summed E-state index contributed by atoms with van der Waals surface area (Å²) in [5.41, 5.74) is 3.50. The summed E-state index contributed by atoms with van der Waals surface area (Å²) in [7, 11) is 0. The monoisotopic (exact) mass is 278 g/mol. The largest absolute Gasteiger partial charge is 0.388 e. The summed E-state index contributed by atoms with van der Waals surface area (Å²) in [6.07, 6.45) is -0.304. The van der Waals surface area contributed by atoms with E-state index in [4.69, 9.17) is 11.6 Å². The van der Waals surface area contributed by atoms with Gasteiger partial charge in [0.25, 0.3) is 0 Å². The number of aliphatic hydroxyl groups is 1. The molecule has 0 aromatic heterocycles. The summed E-state index contributed by atoms with van der Waals surface area (Å²) in [6, 6.07) is 10.1. The normalized spacial score (nSPS) is 12.5. The van der Waals surface area contributed by atoms with E-state index in [9.17, 15) is 9.50 Å². The molecule has 0 aliphatic rings. The summed E-state index contributed by atoms with van der Waals surface area (Å²) in [6.45, 7) is 3.82. The van der Waals surface area contributed by atoms with Crippen LogP contribution in [0.3, 0.4) is 0 Å². The summed E-state index contributed by atoms with van der Waals surface area (Å²) < 4.78 is 13.2. The van der Waals surface area contributed by atoms with E-state index in [1.165, 1.54) is 12.1 Å². The molecule has 0 aliphatic heterocycles. The van der Waals surface area contributed by atoms with Gasteiger partial charge in [0.15, 0.2) is 0 Å². The Balaban J connectivity index is 2.22. The fourth-order valence-electron chi connectivity index (χ4n) is 2.00. The highest BCUT2D eigenvalue weighted by molar-refractivity contribution is 6.31. The molecule has 0 saturated carbocycles. The molecule has 3 heteroatoms. The highest BCUT2D eigenvalue weighted by Gasteiger charge is 2.12. The van der Waals surface area contributed by atoms with E-state index in [1.807, 2.05) is 26.0 Å². The molecule has 2 rings (SSSR count). The Morgan fingerprint density at radius 2 is 1.79 bits per heavy atom. The maximum atomic E-state index is 13.2. The van der Waals surface area contributed by atoms with Crippen molar-refractivity contribution in [1.82, 2.24) is 0 Å². The summed E-state index contributed by atoms with van der Waals surface area (Å²) in [4.78, 5) is 0. The van der Waals surface area contributed by atoms with Crippen LogP contribution in [0.1, 0.15) is 28.4 Å². The molecule has 0 heterocycles. The van der Waals surface area contributed by atoms with Gasteiger partial charge in [0.1, 0.15) is 5.82 Å². The zero-order chi connectivity index (χ0) is 14.0. The highest BCUT2D eigenvalue weighted by Crippen LogP contribution is 2.25. The first-order valence-corrected chi connectivity index (χ1v) is 6.54. The molecular formula is C16H16ClFO. The van der Waals surface area contributed by atoms with Crippen molar-refractivity contribution < 1.29 is 9.50 Å². The van der Waals surface area contributed by atoms with Crippen molar-refractivity contribution in [3.8, 4) is 0 Å². The molecule has 0 fully saturated rings. The minimum atomic E-state index is -0.682. The molecular weight excluding hydrogens is 263 g/mol. The third-order valence-electron chi connectivity index (χ3n) is 3.31. The van der Waals surface area contributed by atoms with Crippen LogP contribution in [-0.2, 0) is 6.42 Å². The van der Waals surface area contributed by atoms with E-state index in [0.717, 1.165) is 22.3 Å². The zero-order valence-electron chi connectivity index (χ0n) is 11.0. The SMILES string of the molecule is Cc1ccc(C(O)Cc2cc(F)ccc2C)cc1Cl. The number of halogens is 2. The van der Waals surface area contributed by atoms with Crippen molar-refractivity contribution in [2.75, 3.05) is 0 Å². The fraction of sp³-hybridized carbons (Fsp3) is 0.250. The lowest BCUT2D eigenvalue weighted by Crippen LogP contribution is -2.04. The molecule has 1 nitrogen and oxygen atoms in total. The van der Waals surface area contributed by atoms with Gasteiger partial charge in [0, 0.05) is 11.4 Å². The first-order chi connectivity index (χ1) is 8.97. The van der Waals surface area contributed by atoms with Gasteiger partial charge in [-0.2, -0.15) is 0 Å². The second-order valence-corrected chi connectivity index (χ2v) is 5.21. The molecule has 0 bridgehead atoms. The van der Waals surface area contributed by atoms with E-state index < -0.39 is 6.10 Å². The molecule has 0 amide bonds. The van der Waals surface area contributed by atoms with E-state index in [2.05, 4.69) is 0 Å². The van der Waals surface area contributed by atoms with Crippen LogP contribution in [0.25, 0.3) is 0 Å². The second-order valence-electron chi connectivity index (χ2n) is 4.80. The summed E-state index contributed by atoms with van der Waals surface area (Å²) in [5.74, 6) is -0.283. The van der Waals surface area contributed by atoms with Gasteiger partial charge in [-0.25, -0.2) is 4.39 Å². The van der Waals surface area contributed by atoms with Crippen LogP contribution >= 0.6 is 11.6 Å². The van der Waals surface area contributed by atoms with Gasteiger partial charge in [-0.1, -0.05) is 29.8 Å². The van der Waals surface area contributed by atoms with Crippen molar-refractivity contribution >= 4 is 11.6 Å². The lowest BCUT2D eigenvalue weighted by Gasteiger charge is -2.14. The Morgan fingerprint density at radius 3 is 2.47 bits per heavy atom. The van der Waals surface area contributed by atoms with Crippen molar-refractivity contribution in [2.45, 2.75) is 26.4 Å². The van der Waals surface area contributed by atoms with Crippen LogP contribution in [0.15, 0.2) is 36.4 Å². The van der Waals surface area contributed by atoms with Crippen LogP contribution in [-0.4, -0.2) is 5.11 Å². The third kappa shape index (κ3) is 3.34. The van der Waals surface area contributed by atoms with Gasteiger partial charge in [-0.05, 0) is 54.3 Å². The van der Waals surface area contributed by atoms with Gasteiger partial charge >= 0.3 is 0 Å². The molecule has 2 aromatic rings. The van der Waals surface area contributed by atoms with E-state index >= 15 is 0 Å². The molecule has 100 valence electrons. The predicted octanol–water partition coefficient (Wildman–Crippen LogP) is 4.37. The van der Waals surface area contributed by atoms with Crippen molar-refractivity contribution in [1.29, 1.82) is 0 Å². The molecule has 0 spiro atoms. The molecule has 1 N–H and O–H groups in total. The third-order valence-corrected chi connectivity index (χ3v) is 3.71. The molecule has 0 saturated heterocycles. The van der Waals surface area contributed by atoms with Gasteiger partial charge in [-0.3, -0.25) is 0 Å². The van der Waals surface area contributed by atoms with E-state index in [0.29, 0.717) is 11.4 Å². The van der Waals surface area contributed by atoms with E-state index in [-0.39, 0.29) is 5.82 Å². The average molecular weight is 279 g/mol. The van der Waals surface area contributed by atoms with Crippen molar-refractivity contribution in [3.63, 3.8) is 0 Å². The Morgan fingerprint density at radius 1 is 1.11 bits per heavy atom. The van der Waals surface area contributed by atoms with Gasteiger partial charge < -0.3 is 5.11 Å². The van der Waals surface area contributed by atoms with Crippen molar-refractivity contribution in [3.05, 3.63) is 69.5 Å². The fourth-order valence-corrected chi connectivity index (χ4v) is 2.19. The number of hydrogen-bond donors (Lipinski definition) is 1. The highest BCUT2D eigenvalue weighted by atomic mass is 35.5. The number of benzene rings is 2. The second kappa shape index (κ2) is 5.72. The Hall–Kier alpha value is -1.38. The number of aryl methyl sites for hydroxylation is 2. The van der Waals surface area contributed by atoms with Crippen LogP contribution in [0.5, 0.6) is 0 Å². The zero-order valence-corrected chi connectivity index (χ0v) is 11.7. The topological polar surface area (TPSA) is 20.2 Å². The molecule has 1 unspecified atom stereocenters. The lowest BCUT2D eigenvalue weighted by atomic mass is 9.97. The molecule has 0 radical (unpaired) electrons. The Labute approximate surface area is 117 Å². The summed E-state index contributed by atoms with van der Waals surface area (Å²) in [5, 5.41) is 10.9. The maximum Gasteiger partial charge on any atom is 0.123 e. The van der Waals surface area contributed by atoms with Gasteiger partial charge in [0.05, 0.1) is 6.10 Å². The van der Waals surface area contributed by atoms with Gasteiger partial charge in [0.2, 0.25) is 0 Å². The maximum absolute atomic E-state index is 13.2. The standard InChI is InChI=1S/C16H16ClFO/c1-10-4-6-14(18)7-13(10)9-16(19)12-5-3-11(2)15(17)8-12/h3-8,16,19H,9H2,1-2H3. The minimum Gasteiger partial charge on any atom is -0.388 e. The van der Waals surface area contributed by atoms with Crippen molar-refractivity contribution in [2.24, 2.45) is 0 Å². The predicted molar refractivity (Wildman–Crippen MR) is 76.0 cm³/mol.